The van der Waals surface area contributed by atoms with E-state index in [4.69, 9.17) is 5.73 Å². The lowest BCUT2D eigenvalue weighted by Crippen LogP contribution is -2.25. The van der Waals surface area contributed by atoms with Gasteiger partial charge in [-0.05, 0) is 48.7 Å². The van der Waals surface area contributed by atoms with Gasteiger partial charge < -0.3 is 5.73 Å². The van der Waals surface area contributed by atoms with Crippen LogP contribution in [-0.2, 0) is 19.5 Å². The number of rotatable bonds is 8. The fraction of sp³-hybridized carbons (Fsp3) is 0.227. The van der Waals surface area contributed by atoms with Gasteiger partial charge in [-0.15, -0.1) is 11.3 Å². The number of hydrogen-bond acceptors (Lipinski definition) is 3. The second-order valence-electron chi connectivity index (χ2n) is 6.52. The Morgan fingerprint density at radius 1 is 0.923 bits per heavy atom. The molecule has 0 atom stereocenters. The van der Waals surface area contributed by atoms with Crippen molar-refractivity contribution in [3.8, 4) is 0 Å². The van der Waals surface area contributed by atoms with Gasteiger partial charge in [0.25, 0.3) is 0 Å². The molecule has 26 heavy (non-hydrogen) atoms. The summed E-state index contributed by atoms with van der Waals surface area (Å²) in [5.41, 5.74) is 8.43. The number of benzene rings is 2. The third-order valence-corrected chi connectivity index (χ3v) is 5.37. The zero-order valence-corrected chi connectivity index (χ0v) is 15.8. The minimum atomic E-state index is -0.383. The quantitative estimate of drug-likeness (QED) is 0.644. The predicted octanol–water partition coefficient (Wildman–Crippen LogP) is 4.40. The molecular weight excluding hydrogens is 340 g/mol. The summed E-state index contributed by atoms with van der Waals surface area (Å²) in [6, 6.07) is 22.6. The Morgan fingerprint density at radius 2 is 1.65 bits per heavy atom. The SMILES string of the molecule is Cc1ccc(CN(CCc2ccccc2)Cc2ccc(C(N)=O)cc2)s1. The Labute approximate surface area is 159 Å². The molecule has 0 fully saturated rings. The van der Waals surface area contributed by atoms with Crippen LogP contribution in [0, 0.1) is 6.92 Å². The molecule has 1 heterocycles. The minimum Gasteiger partial charge on any atom is -0.366 e. The molecule has 0 unspecified atom stereocenters. The molecule has 0 saturated carbocycles. The molecule has 2 aromatic carbocycles. The molecule has 0 saturated heterocycles. The number of primary amides is 1. The van der Waals surface area contributed by atoms with Gasteiger partial charge in [-0.1, -0.05) is 42.5 Å². The van der Waals surface area contributed by atoms with Gasteiger partial charge in [0.2, 0.25) is 5.91 Å². The Hall–Kier alpha value is -2.43. The van der Waals surface area contributed by atoms with Gasteiger partial charge in [-0.2, -0.15) is 0 Å². The number of carbonyl (C=O) groups excluding carboxylic acids is 1. The van der Waals surface area contributed by atoms with Crippen LogP contribution >= 0.6 is 11.3 Å². The fourth-order valence-electron chi connectivity index (χ4n) is 2.97. The number of hydrogen-bond donors (Lipinski definition) is 1. The number of thiophene rings is 1. The standard InChI is InChI=1S/C22H24N2OS/c1-17-7-12-21(26-17)16-24(14-13-18-5-3-2-4-6-18)15-19-8-10-20(11-9-19)22(23)25/h2-12H,13-16H2,1H3,(H2,23,25). The van der Waals surface area contributed by atoms with Crippen LogP contribution in [0.4, 0.5) is 0 Å². The predicted molar refractivity (Wildman–Crippen MR) is 108 cm³/mol. The number of aryl methyl sites for hydroxylation is 1. The lowest BCUT2D eigenvalue weighted by atomic mass is 10.1. The van der Waals surface area contributed by atoms with Crippen LogP contribution in [0.25, 0.3) is 0 Å². The van der Waals surface area contributed by atoms with Crippen molar-refractivity contribution in [1.82, 2.24) is 4.90 Å². The Kier molecular flexibility index (Phi) is 6.21. The van der Waals surface area contributed by atoms with Gasteiger partial charge in [0.1, 0.15) is 0 Å². The molecule has 0 radical (unpaired) electrons. The van der Waals surface area contributed by atoms with Crippen LogP contribution in [0.3, 0.4) is 0 Å². The summed E-state index contributed by atoms with van der Waals surface area (Å²) in [6.45, 7) is 4.91. The fourth-order valence-corrected chi connectivity index (χ4v) is 3.90. The summed E-state index contributed by atoms with van der Waals surface area (Å²) < 4.78 is 0. The highest BCUT2D eigenvalue weighted by Crippen LogP contribution is 2.19. The molecule has 0 spiro atoms. The highest BCUT2D eigenvalue weighted by Gasteiger charge is 2.10. The topological polar surface area (TPSA) is 46.3 Å². The smallest absolute Gasteiger partial charge is 0.248 e. The number of nitrogens with two attached hydrogens (primary N) is 1. The normalized spacial score (nSPS) is 11.0. The van der Waals surface area contributed by atoms with Crippen molar-refractivity contribution in [3.63, 3.8) is 0 Å². The van der Waals surface area contributed by atoms with Crippen molar-refractivity contribution in [2.75, 3.05) is 6.54 Å². The maximum atomic E-state index is 11.3. The van der Waals surface area contributed by atoms with E-state index in [0.717, 1.165) is 26.1 Å². The highest BCUT2D eigenvalue weighted by atomic mass is 32.1. The molecule has 0 aliphatic carbocycles. The molecule has 2 N–H and O–H groups in total. The summed E-state index contributed by atoms with van der Waals surface area (Å²) in [5, 5.41) is 0. The van der Waals surface area contributed by atoms with E-state index in [1.807, 2.05) is 35.6 Å². The number of nitrogens with zero attached hydrogens (tertiary/aromatic N) is 1. The molecule has 0 bridgehead atoms. The molecule has 0 aliphatic heterocycles. The van der Waals surface area contributed by atoms with Crippen LogP contribution in [0.5, 0.6) is 0 Å². The summed E-state index contributed by atoms with van der Waals surface area (Å²) in [7, 11) is 0. The van der Waals surface area contributed by atoms with E-state index in [9.17, 15) is 4.79 Å². The molecule has 1 aromatic heterocycles. The van der Waals surface area contributed by atoms with Crippen LogP contribution < -0.4 is 5.73 Å². The third kappa shape index (κ3) is 5.28. The summed E-state index contributed by atoms with van der Waals surface area (Å²) in [4.78, 5) is 16.4. The van der Waals surface area contributed by atoms with Gasteiger partial charge in [-0.3, -0.25) is 9.69 Å². The average Bonchev–Trinajstić information content (AvgIpc) is 3.06. The second kappa shape index (κ2) is 8.79. The third-order valence-electron chi connectivity index (χ3n) is 4.38. The molecule has 0 aliphatic rings. The van der Waals surface area contributed by atoms with E-state index in [1.54, 1.807) is 0 Å². The van der Waals surface area contributed by atoms with Crippen molar-refractivity contribution in [1.29, 1.82) is 0 Å². The number of carbonyl (C=O) groups is 1. The minimum absolute atomic E-state index is 0.383. The second-order valence-corrected chi connectivity index (χ2v) is 7.89. The van der Waals surface area contributed by atoms with Gasteiger partial charge in [-0.25, -0.2) is 0 Å². The maximum Gasteiger partial charge on any atom is 0.248 e. The summed E-state index contributed by atoms with van der Waals surface area (Å²) >= 11 is 1.85. The van der Waals surface area contributed by atoms with Crippen molar-refractivity contribution in [3.05, 3.63) is 93.2 Å². The van der Waals surface area contributed by atoms with Crippen molar-refractivity contribution in [2.24, 2.45) is 5.73 Å². The van der Waals surface area contributed by atoms with Gasteiger partial charge in [0.15, 0.2) is 0 Å². The monoisotopic (exact) mass is 364 g/mol. The molecule has 3 aromatic rings. The average molecular weight is 365 g/mol. The van der Waals surface area contributed by atoms with Gasteiger partial charge in [0.05, 0.1) is 0 Å². The van der Waals surface area contributed by atoms with E-state index in [2.05, 4.69) is 54.3 Å². The van der Waals surface area contributed by atoms with E-state index in [-0.39, 0.29) is 5.91 Å². The Bertz CT molecular complexity index is 840. The highest BCUT2D eigenvalue weighted by molar-refractivity contribution is 7.11. The largest absolute Gasteiger partial charge is 0.366 e. The van der Waals surface area contributed by atoms with E-state index in [0.29, 0.717) is 5.56 Å². The molecule has 134 valence electrons. The summed E-state index contributed by atoms with van der Waals surface area (Å²) in [6.07, 6.45) is 1.02. The van der Waals surface area contributed by atoms with Crippen LogP contribution in [0.2, 0.25) is 0 Å². The first kappa shape index (κ1) is 18.4. The zero-order chi connectivity index (χ0) is 18.4. The molecule has 3 nitrogen and oxygen atoms in total. The molecule has 3 rings (SSSR count). The van der Waals surface area contributed by atoms with Gasteiger partial charge in [0, 0.05) is 35.0 Å². The van der Waals surface area contributed by atoms with E-state index in [1.165, 1.54) is 20.9 Å². The molecule has 4 heteroatoms. The molecular formula is C22H24N2OS. The lowest BCUT2D eigenvalue weighted by molar-refractivity contribution is 0.100. The van der Waals surface area contributed by atoms with Gasteiger partial charge >= 0.3 is 0 Å². The first-order chi connectivity index (χ1) is 12.6. The number of amides is 1. The van der Waals surface area contributed by atoms with Crippen molar-refractivity contribution >= 4 is 17.2 Å². The van der Waals surface area contributed by atoms with Crippen LogP contribution in [0.15, 0.2) is 66.7 Å². The lowest BCUT2D eigenvalue weighted by Gasteiger charge is -2.22. The summed E-state index contributed by atoms with van der Waals surface area (Å²) in [5.74, 6) is -0.383. The van der Waals surface area contributed by atoms with Crippen LogP contribution in [-0.4, -0.2) is 17.4 Å². The first-order valence-electron chi connectivity index (χ1n) is 8.80. The van der Waals surface area contributed by atoms with E-state index < -0.39 is 0 Å². The van der Waals surface area contributed by atoms with Crippen molar-refractivity contribution < 1.29 is 4.79 Å². The first-order valence-corrected chi connectivity index (χ1v) is 9.62. The van der Waals surface area contributed by atoms with Crippen molar-refractivity contribution in [2.45, 2.75) is 26.4 Å². The van der Waals surface area contributed by atoms with Crippen LogP contribution in [0.1, 0.15) is 31.2 Å². The molecule has 1 amide bonds. The zero-order valence-electron chi connectivity index (χ0n) is 15.0. The Morgan fingerprint density at radius 3 is 2.27 bits per heavy atom. The maximum absolute atomic E-state index is 11.3. The van der Waals surface area contributed by atoms with E-state index >= 15 is 0 Å². The Balaban J connectivity index is 1.69.